The Hall–Kier alpha value is -3.39. The standard InChI is InChI=1S/C24H28N4O4/c1-30-21-9-7-18(8-10-21)15-25-24(29)28-13-11-20(12-14-28)23-26-22(32-27-23)17-31-16-19-5-3-2-4-6-19/h2-10,20H,11-17H2,1H3,(H,25,29). The molecule has 0 saturated carbocycles. The van der Waals surface area contributed by atoms with Gasteiger partial charge in [-0.3, -0.25) is 0 Å². The second-order valence-corrected chi connectivity index (χ2v) is 7.79. The highest BCUT2D eigenvalue weighted by molar-refractivity contribution is 5.74. The van der Waals surface area contributed by atoms with Crippen LogP contribution in [0.3, 0.4) is 0 Å². The minimum atomic E-state index is -0.0534. The first-order chi connectivity index (χ1) is 15.7. The summed E-state index contributed by atoms with van der Waals surface area (Å²) >= 11 is 0. The molecular formula is C24H28N4O4. The number of urea groups is 1. The normalized spacial score (nSPS) is 14.3. The monoisotopic (exact) mass is 436 g/mol. The third-order valence-electron chi connectivity index (χ3n) is 5.57. The number of likely N-dealkylation sites (tertiary alicyclic amines) is 1. The molecule has 2 heterocycles. The van der Waals surface area contributed by atoms with E-state index >= 15 is 0 Å². The Labute approximate surface area is 187 Å². The van der Waals surface area contributed by atoms with Crippen molar-refractivity contribution in [3.8, 4) is 5.75 Å². The maximum atomic E-state index is 12.5. The summed E-state index contributed by atoms with van der Waals surface area (Å²) in [6.45, 7) is 2.60. The van der Waals surface area contributed by atoms with E-state index < -0.39 is 0 Å². The fourth-order valence-corrected chi connectivity index (χ4v) is 3.70. The molecule has 0 radical (unpaired) electrons. The summed E-state index contributed by atoms with van der Waals surface area (Å²) < 4.78 is 16.2. The first-order valence-corrected chi connectivity index (χ1v) is 10.8. The molecule has 1 aliphatic heterocycles. The van der Waals surface area contributed by atoms with Crippen molar-refractivity contribution in [2.75, 3.05) is 20.2 Å². The number of piperidine rings is 1. The van der Waals surface area contributed by atoms with Crippen LogP contribution in [0.1, 0.15) is 41.6 Å². The van der Waals surface area contributed by atoms with E-state index in [1.54, 1.807) is 7.11 Å². The number of methoxy groups -OCH3 is 1. The zero-order chi connectivity index (χ0) is 22.2. The lowest BCUT2D eigenvalue weighted by molar-refractivity contribution is 0.0850. The summed E-state index contributed by atoms with van der Waals surface area (Å²) in [5, 5.41) is 7.11. The zero-order valence-corrected chi connectivity index (χ0v) is 18.2. The average Bonchev–Trinajstić information content (AvgIpc) is 3.32. The van der Waals surface area contributed by atoms with Crippen LogP contribution >= 0.6 is 0 Å². The zero-order valence-electron chi connectivity index (χ0n) is 18.2. The third kappa shape index (κ3) is 5.85. The lowest BCUT2D eigenvalue weighted by atomic mass is 9.96. The highest BCUT2D eigenvalue weighted by atomic mass is 16.5. The maximum absolute atomic E-state index is 12.5. The Morgan fingerprint density at radius 3 is 2.53 bits per heavy atom. The van der Waals surface area contributed by atoms with Gasteiger partial charge in [0.25, 0.3) is 5.89 Å². The second kappa shape index (κ2) is 10.8. The fourth-order valence-electron chi connectivity index (χ4n) is 3.70. The molecule has 0 aliphatic carbocycles. The molecule has 1 saturated heterocycles. The fraction of sp³-hybridized carbons (Fsp3) is 0.375. The van der Waals surface area contributed by atoms with Gasteiger partial charge in [-0.15, -0.1) is 0 Å². The molecule has 8 heteroatoms. The molecule has 2 amide bonds. The number of carbonyl (C=O) groups excluding carboxylic acids is 1. The highest BCUT2D eigenvalue weighted by Crippen LogP contribution is 2.26. The molecule has 2 aromatic carbocycles. The van der Waals surface area contributed by atoms with Gasteiger partial charge in [-0.05, 0) is 36.1 Å². The first-order valence-electron chi connectivity index (χ1n) is 10.8. The van der Waals surface area contributed by atoms with Gasteiger partial charge in [0.1, 0.15) is 12.4 Å². The number of carbonyl (C=O) groups is 1. The van der Waals surface area contributed by atoms with Gasteiger partial charge in [-0.2, -0.15) is 4.98 Å². The van der Waals surface area contributed by atoms with Crippen LogP contribution in [0, 0.1) is 0 Å². The van der Waals surface area contributed by atoms with Gasteiger partial charge in [0.2, 0.25) is 0 Å². The van der Waals surface area contributed by atoms with Crippen molar-refractivity contribution >= 4 is 6.03 Å². The Balaban J connectivity index is 1.19. The largest absolute Gasteiger partial charge is 0.497 e. The van der Waals surface area contributed by atoms with Crippen LogP contribution in [0.5, 0.6) is 5.75 Å². The summed E-state index contributed by atoms with van der Waals surface area (Å²) in [4.78, 5) is 18.8. The smallest absolute Gasteiger partial charge is 0.317 e. The van der Waals surface area contributed by atoms with E-state index in [9.17, 15) is 4.79 Å². The molecule has 168 valence electrons. The minimum absolute atomic E-state index is 0.0534. The molecule has 1 aromatic heterocycles. The van der Waals surface area contributed by atoms with Gasteiger partial charge in [0.15, 0.2) is 5.82 Å². The number of nitrogens with one attached hydrogen (secondary N) is 1. The van der Waals surface area contributed by atoms with Crippen LogP contribution in [0.4, 0.5) is 4.79 Å². The molecule has 8 nitrogen and oxygen atoms in total. The van der Waals surface area contributed by atoms with E-state index in [0.29, 0.717) is 38.0 Å². The van der Waals surface area contributed by atoms with E-state index in [2.05, 4.69) is 15.5 Å². The van der Waals surface area contributed by atoms with Crippen LogP contribution in [-0.2, 0) is 24.5 Å². The van der Waals surface area contributed by atoms with Crippen LogP contribution in [0.25, 0.3) is 0 Å². The number of hydrogen-bond acceptors (Lipinski definition) is 6. The third-order valence-corrected chi connectivity index (χ3v) is 5.57. The molecule has 0 unspecified atom stereocenters. The van der Waals surface area contributed by atoms with Gasteiger partial charge in [-0.1, -0.05) is 47.6 Å². The Morgan fingerprint density at radius 1 is 1.06 bits per heavy atom. The number of amides is 2. The Bertz CT molecular complexity index is 983. The first kappa shape index (κ1) is 21.8. The van der Waals surface area contributed by atoms with Crippen molar-refractivity contribution in [3.05, 3.63) is 77.4 Å². The van der Waals surface area contributed by atoms with E-state index in [4.69, 9.17) is 14.0 Å². The topological polar surface area (TPSA) is 89.7 Å². The number of nitrogens with zero attached hydrogens (tertiary/aromatic N) is 3. The number of ether oxygens (including phenoxy) is 2. The van der Waals surface area contributed by atoms with E-state index in [1.165, 1.54) is 0 Å². The molecule has 1 aliphatic rings. The van der Waals surface area contributed by atoms with Crippen LogP contribution in [0.15, 0.2) is 59.1 Å². The second-order valence-electron chi connectivity index (χ2n) is 7.79. The SMILES string of the molecule is COc1ccc(CNC(=O)N2CCC(c3noc(COCc4ccccc4)n3)CC2)cc1. The number of rotatable bonds is 8. The molecule has 1 N–H and O–H groups in total. The van der Waals surface area contributed by atoms with Crippen molar-refractivity contribution < 1.29 is 18.8 Å². The highest BCUT2D eigenvalue weighted by Gasteiger charge is 2.27. The lowest BCUT2D eigenvalue weighted by Gasteiger charge is -2.30. The van der Waals surface area contributed by atoms with Crippen LogP contribution in [0.2, 0.25) is 0 Å². The quantitative estimate of drug-likeness (QED) is 0.576. The molecule has 0 bridgehead atoms. The minimum Gasteiger partial charge on any atom is -0.497 e. The number of benzene rings is 2. The molecular weight excluding hydrogens is 408 g/mol. The van der Waals surface area contributed by atoms with Crippen LogP contribution in [-0.4, -0.2) is 41.3 Å². The molecule has 0 atom stereocenters. The number of hydrogen-bond donors (Lipinski definition) is 1. The molecule has 0 spiro atoms. The van der Waals surface area contributed by atoms with E-state index in [1.807, 2.05) is 59.5 Å². The molecule has 32 heavy (non-hydrogen) atoms. The molecule has 3 aromatic rings. The lowest BCUT2D eigenvalue weighted by Crippen LogP contribution is -2.43. The average molecular weight is 437 g/mol. The maximum Gasteiger partial charge on any atom is 0.317 e. The van der Waals surface area contributed by atoms with Gasteiger partial charge < -0.3 is 24.2 Å². The van der Waals surface area contributed by atoms with Crippen LogP contribution < -0.4 is 10.1 Å². The predicted octanol–water partition coefficient (Wildman–Crippen LogP) is 3.88. The van der Waals surface area contributed by atoms with E-state index in [0.717, 1.165) is 29.7 Å². The van der Waals surface area contributed by atoms with Crippen molar-refractivity contribution in [2.24, 2.45) is 0 Å². The molecule has 4 rings (SSSR count). The number of aromatic nitrogens is 2. The van der Waals surface area contributed by atoms with Gasteiger partial charge in [0.05, 0.1) is 13.7 Å². The van der Waals surface area contributed by atoms with E-state index in [-0.39, 0.29) is 18.6 Å². The Morgan fingerprint density at radius 2 is 1.81 bits per heavy atom. The van der Waals surface area contributed by atoms with Gasteiger partial charge >= 0.3 is 6.03 Å². The van der Waals surface area contributed by atoms with Crippen molar-refractivity contribution in [2.45, 2.75) is 38.5 Å². The Kier molecular flexibility index (Phi) is 7.34. The molecule has 1 fully saturated rings. The summed E-state index contributed by atoms with van der Waals surface area (Å²) in [5.74, 6) is 2.17. The van der Waals surface area contributed by atoms with Gasteiger partial charge in [-0.25, -0.2) is 4.79 Å². The summed E-state index contributed by atoms with van der Waals surface area (Å²) in [6.07, 6.45) is 1.61. The van der Waals surface area contributed by atoms with Crippen molar-refractivity contribution in [1.29, 1.82) is 0 Å². The van der Waals surface area contributed by atoms with Crippen molar-refractivity contribution in [1.82, 2.24) is 20.4 Å². The summed E-state index contributed by atoms with van der Waals surface area (Å²) in [7, 11) is 1.63. The predicted molar refractivity (Wildman–Crippen MR) is 118 cm³/mol. The summed E-state index contributed by atoms with van der Waals surface area (Å²) in [6, 6.07) is 17.6. The summed E-state index contributed by atoms with van der Waals surface area (Å²) in [5.41, 5.74) is 2.13. The van der Waals surface area contributed by atoms with Gasteiger partial charge in [0, 0.05) is 25.6 Å². The van der Waals surface area contributed by atoms with Crippen molar-refractivity contribution in [3.63, 3.8) is 0 Å².